The predicted octanol–water partition coefficient (Wildman–Crippen LogP) is 2.73. The lowest BCUT2D eigenvalue weighted by Gasteiger charge is -2.18. The van der Waals surface area contributed by atoms with Gasteiger partial charge in [0.15, 0.2) is 0 Å². The van der Waals surface area contributed by atoms with Crippen molar-refractivity contribution in [3.8, 4) is 5.75 Å². The zero-order chi connectivity index (χ0) is 19.4. The average molecular weight is 388 g/mol. The second-order valence-corrected chi connectivity index (χ2v) is 8.30. The lowest BCUT2D eigenvalue weighted by molar-refractivity contribution is -0.118. The molecule has 2 aromatic carbocycles. The van der Waals surface area contributed by atoms with E-state index in [9.17, 15) is 13.2 Å². The zero-order valence-electron chi connectivity index (χ0n) is 15.5. The molecule has 6 nitrogen and oxygen atoms in total. The normalized spacial score (nSPS) is 14.7. The first-order valence-electron chi connectivity index (χ1n) is 9.04. The monoisotopic (exact) mass is 388 g/mol. The van der Waals surface area contributed by atoms with Crippen molar-refractivity contribution in [2.45, 2.75) is 37.6 Å². The van der Waals surface area contributed by atoms with Gasteiger partial charge in [-0.25, -0.2) is 13.1 Å². The Morgan fingerprint density at radius 2 is 1.96 bits per heavy atom. The van der Waals surface area contributed by atoms with E-state index >= 15 is 0 Å². The summed E-state index contributed by atoms with van der Waals surface area (Å²) in [4.78, 5) is 13.9. The zero-order valence-corrected chi connectivity index (χ0v) is 16.3. The fourth-order valence-electron chi connectivity index (χ4n) is 3.10. The number of sulfonamides is 1. The molecule has 0 fully saturated rings. The van der Waals surface area contributed by atoms with Crippen LogP contribution in [0, 0.1) is 0 Å². The molecule has 0 spiro atoms. The maximum absolute atomic E-state index is 12.7. The van der Waals surface area contributed by atoms with Crippen LogP contribution < -0.4 is 14.4 Å². The van der Waals surface area contributed by atoms with E-state index in [1.54, 1.807) is 30.0 Å². The minimum absolute atomic E-state index is 0.0502. The van der Waals surface area contributed by atoms with E-state index in [1.165, 1.54) is 0 Å². The standard InChI is InChI=1S/C20H24N2O4S/c1-3-20(23)22-12-11-16-13-18(9-10-19(16)22)27(24,25)21-15(2)14-26-17-7-5-4-6-8-17/h4-10,13,15,21H,3,11-12,14H2,1-2H3/t15-/m0/s1. The summed E-state index contributed by atoms with van der Waals surface area (Å²) in [5.74, 6) is 0.746. The van der Waals surface area contributed by atoms with Crippen molar-refractivity contribution in [3.63, 3.8) is 0 Å². The molecule has 2 aromatic rings. The Morgan fingerprint density at radius 3 is 2.67 bits per heavy atom. The molecule has 0 aromatic heterocycles. The lowest BCUT2D eigenvalue weighted by atomic mass is 10.2. The highest BCUT2D eigenvalue weighted by Gasteiger charge is 2.26. The largest absolute Gasteiger partial charge is 0.492 e. The fraction of sp³-hybridized carbons (Fsp3) is 0.350. The molecule has 1 aliphatic rings. The molecule has 0 radical (unpaired) electrons. The maximum Gasteiger partial charge on any atom is 0.240 e. The van der Waals surface area contributed by atoms with Gasteiger partial charge in [0.2, 0.25) is 15.9 Å². The second kappa shape index (κ2) is 8.10. The van der Waals surface area contributed by atoms with Gasteiger partial charge in [-0.15, -0.1) is 0 Å². The number of anilines is 1. The molecule has 27 heavy (non-hydrogen) atoms. The highest BCUT2D eigenvalue weighted by atomic mass is 32.2. The third-order valence-electron chi connectivity index (χ3n) is 4.46. The number of carbonyl (C=O) groups is 1. The molecule has 1 atom stereocenters. The molecular formula is C20H24N2O4S. The number of ether oxygens (including phenoxy) is 1. The topological polar surface area (TPSA) is 75.7 Å². The molecule has 7 heteroatoms. The van der Waals surface area contributed by atoms with E-state index < -0.39 is 10.0 Å². The van der Waals surface area contributed by atoms with Crippen LogP contribution in [0.1, 0.15) is 25.8 Å². The van der Waals surface area contributed by atoms with Crippen LogP contribution >= 0.6 is 0 Å². The molecule has 0 saturated heterocycles. The third-order valence-corrected chi connectivity index (χ3v) is 6.05. The second-order valence-electron chi connectivity index (χ2n) is 6.59. The lowest BCUT2D eigenvalue weighted by Crippen LogP contribution is -2.36. The summed E-state index contributed by atoms with van der Waals surface area (Å²) < 4.78 is 33.6. The highest BCUT2D eigenvalue weighted by Crippen LogP contribution is 2.30. The Hall–Kier alpha value is -2.38. The highest BCUT2D eigenvalue weighted by molar-refractivity contribution is 7.89. The summed E-state index contributed by atoms with van der Waals surface area (Å²) in [6.07, 6.45) is 1.09. The van der Waals surface area contributed by atoms with Gasteiger partial charge in [0, 0.05) is 18.7 Å². The fourth-order valence-corrected chi connectivity index (χ4v) is 4.38. The molecule has 0 bridgehead atoms. The number of carbonyl (C=O) groups excluding carboxylic acids is 1. The number of amides is 1. The Balaban J connectivity index is 1.67. The van der Waals surface area contributed by atoms with Gasteiger partial charge in [-0.3, -0.25) is 4.79 Å². The number of benzene rings is 2. The van der Waals surface area contributed by atoms with E-state index in [1.807, 2.05) is 37.3 Å². The molecule has 0 saturated carbocycles. The third kappa shape index (κ3) is 4.48. The van der Waals surface area contributed by atoms with Crippen molar-refractivity contribution < 1.29 is 17.9 Å². The number of hydrogen-bond acceptors (Lipinski definition) is 4. The van der Waals surface area contributed by atoms with Crippen molar-refractivity contribution in [2.75, 3.05) is 18.1 Å². The van der Waals surface area contributed by atoms with Crippen molar-refractivity contribution >= 4 is 21.6 Å². The van der Waals surface area contributed by atoms with E-state index in [-0.39, 0.29) is 23.5 Å². The minimum atomic E-state index is -3.66. The van der Waals surface area contributed by atoms with Gasteiger partial charge in [0.05, 0.1) is 10.9 Å². The van der Waals surface area contributed by atoms with Gasteiger partial charge >= 0.3 is 0 Å². The number of nitrogens with zero attached hydrogens (tertiary/aromatic N) is 1. The van der Waals surface area contributed by atoms with Crippen molar-refractivity contribution in [3.05, 3.63) is 54.1 Å². The van der Waals surface area contributed by atoms with Crippen LogP contribution in [0.5, 0.6) is 5.75 Å². The van der Waals surface area contributed by atoms with E-state index in [0.717, 1.165) is 11.3 Å². The molecule has 1 heterocycles. The van der Waals surface area contributed by atoms with Crippen molar-refractivity contribution in [1.82, 2.24) is 4.72 Å². The average Bonchev–Trinajstić information content (AvgIpc) is 3.09. The Bertz CT molecular complexity index is 913. The molecule has 1 aliphatic heterocycles. The van der Waals surface area contributed by atoms with Gasteiger partial charge in [0.25, 0.3) is 0 Å². The van der Waals surface area contributed by atoms with Crippen LogP contribution in [-0.4, -0.2) is 33.5 Å². The van der Waals surface area contributed by atoms with Crippen LogP contribution in [0.2, 0.25) is 0 Å². The van der Waals surface area contributed by atoms with Crippen LogP contribution in [0.3, 0.4) is 0 Å². The number of nitrogens with one attached hydrogen (secondary N) is 1. The molecule has 144 valence electrons. The molecule has 0 aliphatic carbocycles. The first-order chi connectivity index (χ1) is 12.9. The Labute approximate surface area is 160 Å². The van der Waals surface area contributed by atoms with Crippen LogP contribution in [0.4, 0.5) is 5.69 Å². The van der Waals surface area contributed by atoms with E-state index in [2.05, 4.69) is 4.72 Å². The van der Waals surface area contributed by atoms with Crippen molar-refractivity contribution in [1.29, 1.82) is 0 Å². The quantitative estimate of drug-likeness (QED) is 0.791. The molecular weight excluding hydrogens is 364 g/mol. The van der Waals surface area contributed by atoms with Gasteiger partial charge < -0.3 is 9.64 Å². The smallest absolute Gasteiger partial charge is 0.240 e. The molecule has 0 unspecified atom stereocenters. The summed E-state index contributed by atoms with van der Waals surface area (Å²) in [5.41, 5.74) is 1.69. The minimum Gasteiger partial charge on any atom is -0.492 e. The summed E-state index contributed by atoms with van der Waals surface area (Å²) in [5, 5.41) is 0. The molecule has 1 N–H and O–H groups in total. The SMILES string of the molecule is CCC(=O)N1CCc2cc(S(=O)(=O)N[C@@H](C)COc3ccccc3)ccc21. The summed E-state index contributed by atoms with van der Waals surface area (Å²) >= 11 is 0. The van der Waals surface area contributed by atoms with Gasteiger partial charge in [-0.1, -0.05) is 25.1 Å². The first kappa shape index (κ1) is 19.4. The van der Waals surface area contributed by atoms with Crippen molar-refractivity contribution in [2.24, 2.45) is 0 Å². The number of hydrogen-bond donors (Lipinski definition) is 1. The van der Waals surface area contributed by atoms with Crippen LogP contribution in [-0.2, 0) is 21.2 Å². The summed E-state index contributed by atoms with van der Waals surface area (Å²) in [6.45, 7) is 4.41. The maximum atomic E-state index is 12.7. The number of para-hydroxylation sites is 1. The predicted molar refractivity (Wildman–Crippen MR) is 105 cm³/mol. The van der Waals surface area contributed by atoms with Crippen LogP contribution in [0.15, 0.2) is 53.4 Å². The first-order valence-corrected chi connectivity index (χ1v) is 10.5. The van der Waals surface area contributed by atoms with E-state index in [0.29, 0.717) is 25.1 Å². The molecule has 3 rings (SSSR count). The van der Waals surface area contributed by atoms with Crippen LogP contribution in [0.25, 0.3) is 0 Å². The van der Waals surface area contributed by atoms with Gasteiger partial charge in [-0.05, 0) is 49.2 Å². The van der Waals surface area contributed by atoms with E-state index in [4.69, 9.17) is 4.74 Å². The summed E-state index contributed by atoms with van der Waals surface area (Å²) in [7, 11) is -3.66. The van der Waals surface area contributed by atoms with Gasteiger partial charge in [-0.2, -0.15) is 0 Å². The van der Waals surface area contributed by atoms with Gasteiger partial charge in [0.1, 0.15) is 12.4 Å². The Morgan fingerprint density at radius 1 is 1.22 bits per heavy atom. The molecule has 1 amide bonds. The number of rotatable bonds is 7. The number of fused-ring (bicyclic) bond motifs is 1. The summed E-state index contributed by atoms with van der Waals surface area (Å²) in [6, 6.07) is 13.8. The Kier molecular flexibility index (Phi) is 5.82.